The fraction of sp³-hybridized carbons (Fsp3) is 0.211. The van der Waals surface area contributed by atoms with Crippen LogP contribution in [0.4, 0.5) is 4.79 Å². The van der Waals surface area contributed by atoms with Crippen molar-refractivity contribution < 1.29 is 14.3 Å². The van der Waals surface area contributed by atoms with Gasteiger partial charge in [-0.05, 0) is 30.3 Å². The zero-order chi connectivity index (χ0) is 18.8. The number of carbonyl (C=O) groups excluding carboxylic acids is 2. The Morgan fingerprint density at radius 3 is 2.56 bits per heavy atom. The van der Waals surface area contributed by atoms with Gasteiger partial charge in [0.1, 0.15) is 5.69 Å². The molecule has 0 unspecified atom stereocenters. The summed E-state index contributed by atoms with van der Waals surface area (Å²) in [6, 6.07) is 10.6. The molecule has 1 saturated heterocycles. The van der Waals surface area contributed by atoms with Gasteiger partial charge in [0.05, 0.1) is 6.20 Å². The molecule has 27 heavy (non-hydrogen) atoms. The Bertz CT molecular complexity index is 981. The molecular weight excluding hydrogens is 368 g/mol. The van der Waals surface area contributed by atoms with Crippen molar-refractivity contribution in [3.8, 4) is 5.75 Å². The van der Waals surface area contributed by atoms with Gasteiger partial charge in [-0.15, -0.1) is 0 Å². The zero-order valence-electron chi connectivity index (χ0n) is 14.4. The summed E-state index contributed by atoms with van der Waals surface area (Å²) in [5.74, 6) is 0.290. The Morgan fingerprint density at radius 1 is 1.07 bits per heavy atom. The topological polar surface area (TPSA) is 78.5 Å². The van der Waals surface area contributed by atoms with Crippen molar-refractivity contribution in [2.24, 2.45) is 0 Å². The molecule has 0 spiro atoms. The van der Waals surface area contributed by atoms with Crippen LogP contribution in [0.25, 0.3) is 10.9 Å². The van der Waals surface area contributed by atoms with Crippen molar-refractivity contribution >= 4 is 34.5 Å². The number of rotatable bonds is 2. The van der Waals surface area contributed by atoms with Crippen LogP contribution in [-0.2, 0) is 0 Å². The van der Waals surface area contributed by atoms with E-state index in [2.05, 4.69) is 9.97 Å². The summed E-state index contributed by atoms with van der Waals surface area (Å²) in [5, 5.41) is 1.42. The highest BCUT2D eigenvalue weighted by Crippen LogP contribution is 2.24. The second kappa shape index (κ2) is 7.28. The lowest BCUT2D eigenvalue weighted by atomic mass is 10.2. The average molecular weight is 385 g/mol. The maximum atomic E-state index is 12.8. The molecule has 1 aromatic carbocycles. The van der Waals surface area contributed by atoms with Crippen LogP contribution in [0.3, 0.4) is 0 Å². The third-order valence-corrected chi connectivity index (χ3v) is 4.84. The summed E-state index contributed by atoms with van der Waals surface area (Å²) >= 11 is 6.17. The Kier molecular flexibility index (Phi) is 4.68. The van der Waals surface area contributed by atoms with E-state index in [1.807, 2.05) is 12.1 Å². The van der Waals surface area contributed by atoms with Gasteiger partial charge in [0, 0.05) is 48.3 Å². The molecule has 4 rings (SSSR count). The molecule has 2 aromatic heterocycles. The summed E-state index contributed by atoms with van der Waals surface area (Å²) in [4.78, 5) is 35.3. The Hall–Kier alpha value is -3.06. The lowest BCUT2D eigenvalue weighted by molar-refractivity contribution is 0.0629. The van der Waals surface area contributed by atoms with Crippen LogP contribution < -0.4 is 4.74 Å². The minimum Gasteiger partial charge on any atom is -0.409 e. The van der Waals surface area contributed by atoms with E-state index in [0.717, 1.165) is 10.9 Å². The van der Waals surface area contributed by atoms with Crippen LogP contribution >= 0.6 is 11.6 Å². The van der Waals surface area contributed by atoms with E-state index in [1.54, 1.807) is 40.3 Å². The number of H-pyrrole nitrogens is 1. The number of hydrogen-bond donors (Lipinski definition) is 1. The number of nitrogens with zero attached hydrogens (tertiary/aromatic N) is 3. The lowest BCUT2D eigenvalue weighted by Crippen LogP contribution is -2.51. The molecule has 0 bridgehead atoms. The predicted octanol–water partition coefficient (Wildman–Crippen LogP) is 3.17. The Morgan fingerprint density at radius 2 is 1.85 bits per heavy atom. The van der Waals surface area contributed by atoms with Crippen LogP contribution in [-0.4, -0.2) is 57.9 Å². The third-order valence-electron chi connectivity index (χ3n) is 4.51. The van der Waals surface area contributed by atoms with Crippen molar-refractivity contribution in [1.29, 1.82) is 0 Å². The molecule has 8 heteroatoms. The molecule has 0 atom stereocenters. The number of halogens is 1. The molecule has 0 saturated carbocycles. The molecule has 1 aliphatic heterocycles. The number of amides is 2. The number of ether oxygens (including phenoxy) is 1. The zero-order valence-corrected chi connectivity index (χ0v) is 15.1. The van der Waals surface area contributed by atoms with Gasteiger partial charge in [0.25, 0.3) is 5.91 Å². The number of benzene rings is 1. The van der Waals surface area contributed by atoms with Crippen molar-refractivity contribution in [2.75, 3.05) is 26.2 Å². The van der Waals surface area contributed by atoms with Gasteiger partial charge in [0.2, 0.25) is 0 Å². The van der Waals surface area contributed by atoms with E-state index in [0.29, 0.717) is 42.6 Å². The second-order valence-electron chi connectivity index (χ2n) is 6.22. The largest absolute Gasteiger partial charge is 0.415 e. The first-order chi connectivity index (χ1) is 13.1. The minimum absolute atomic E-state index is 0.109. The van der Waals surface area contributed by atoms with E-state index >= 15 is 0 Å². The van der Waals surface area contributed by atoms with E-state index in [4.69, 9.17) is 16.3 Å². The number of piperazine rings is 1. The smallest absolute Gasteiger partial charge is 0.409 e. The van der Waals surface area contributed by atoms with Gasteiger partial charge in [-0.2, -0.15) is 0 Å². The quantitative estimate of drug-likeness (QED) is 0.736. The second-order valence-corrected chi connectivity index (χ2v) is 6.63. The molecule has 138 valence electrons. The van der Waals surface area contributed by atoms with Crippen LogP contribution in [0.2, 0.25) is 5.02 Å². The molecule has 1 fully saturated rings. The molecule has 3 aromatic rings. The molecule has 2 amide bonds. The maximum absolute atomic E-state index is 12.8. The normalized spacial score (nSPS) is 14.4. The standard InChI is InChI=1S/C19H17ClN4O3/c20-15-4-1-5-16-14(15)11-17(22-16)18(25)23-7-9-24(10-8-23)19(26)27-13-3-2-6-21-12-13/h1-6,11-12,22H,7-10H2. The van der Waals surface area contributed by atoms with Crippen molar-refractivity contribution in [3.63, 3.8) is 0 Å². The van der Waals surface area contributed by atoms with Gasteiger partial charge in [-0.1, -0.05) is 17.7 Å². The third kappa shape index (κ3) is 3.59. The SMILES string of the molecule is O=C(Oc1cccnc1)N1CCN(C(=O)c2cc3c(Cl)cccc3[nH]2)CC1. The summed E-state index contributed by atoms with van der Waals surface area (Å²) < 4.78 is 5.29. The number of aromatic nitrogens is 2. The van der Waals surface area contributed by atoms with Crippen LogP contribution in [0.15, 0.2) is 48.8 Å². The Balaban J connectivity index is 1.39. The van der Waals surface area contributed by atoms with Gasteiger partial charge >= 0.3 is 6.09 Å². The van der Waals surface area contributed by atoms with Crippen LogP contribution in [0.1, 0.15) is 10.5 Å². The first-order valence-corrected chi connectivity index (χ1v) is 8.93. The average Bonchev–Trinajstić information content (AvgIpc) is 3.14. The summed E-state index contributed by atoms with van der Waals surface area (Å²) in [7, 11) is 0. The molecule has 0 radical (unpaired) electrons. The maximum Gasteiger partial charge on any atom is 0.415 e. The monoisotopic (exact) mass is 384 g/mol. The first kappa shape index (κ1) is 17.4. The first-order valence-electron chi connectivity index (χ1n) is 8.55. The lowest BCUT2D eigenvalue weighted by Gasteiger charge is -2.33. The molecule has 7 nitrogen and oxygen atoms in total. The fourth-order valence-corrected chi connectivity index (χ4v) is 3.30. The van der Waals surface area contributed by atoms with Gasteiger partial charge in [-0.3, -0.25) is 9.78 Å². The summed E-state index contributed by atoms with van der Waals surface area (Å²) in [6.45, 7) is 1.69. The molecule has 1 aliphatic rings. The summed E-state index contributed by atoms with van der Waals surface area (Å²) in [5.41, 5.74) is 1.31. The number of pyridine rings is 1. The van der Waals surface area contributed by atoms with E-state index in [9.17, 15) is 9.59 Å². The fourth-order valence-electron chi connectivity index (χ4n) is 3.07. The van der Waals surface area contributed by atoms with Crippen molar-refractivity contribution in [1.82, 2.24) is 19.8 Å². The van der Waals surface area contributed by atoms with Crippen molar-refractivity contribution in [2.45, 2.75) is 0 Å². The van der Waals surface area contributed by atoms with E-state index in [-0.39, 0.29) is 5.91 Å². The molecule has 0 aliphatic carbocycles. The van der Waals surface area contributed by atoms with E-state index < -0.39 is 6.09 Å². The predicted molar refractivity (Wildman–Crippen MR) is 101 cm³/mol. The molecule has 1 N–H and O–H groups in total. The molecular formula is C19H17ClN4O3. The number of aromatic amines is 1. The Labute approximate surface area is 160 Å². The van der Waals surface area contributed by atoms with Crippen molar-refractivity contribution in [3.05, 3.63) is 59.5 Å². The minimum atomic E-state index is -0.438. The number of nitrogens with one attached hydrogen (secondary N) is 1. The number of carbonyl (C=O) groups is 2. The van der Waals surface area contributed by atoms with Crippen LogP contribution in [0.5, 0.6) is 5.75 Å². The number of fused-ring (bicyclic) bond motifs is 1. The van der Waals surface area contributed by atoms with Crippen LogP contribution in [0, 0.1) is 0 Å². The highest BCUT2D eigenvalue weighted by atomic mass is 35.5. The van der Waals surface area contributed by atoms with Gasteiger partial charge in [0.15, 0.2) is 5.75 Å². The highest BCUT2D eigenvalue weighted by Gasteiger charge is 2.27. The summed E-state index contributed by atoms with van der Waals surface area (Å²) in [6.07, 6.45) is 2.66. The molecule has 3 heterocycles. The van der Waals surface area contributed by atoms with E-state index in [1.165, 1.54) is 6.20 Å². The number of hydrogen-bond acceptors (Lipinski definition) is 4. The van der Waals surface area contributed by atoms with Gasteiger partial charge < -0.3 is 19.5 Å². The highest BCUT2D eigenvalue weighted by molar-refractivity contribution is 6.35. The van der Waals surface area contributed by atoms with Gasteiger partial charge in [-0.25, -0.2) is 4.79 Å².